The summed E-state index contributed by atoms with van der Waals surface area (Å²) in [6, 6.07) is 1.49. The lowest BCUT2D eigenvalue weighted by atomic mass is 9.85. The summed E-state index contributed by atoms with van der Waals surface area (Å²) in [6.07, 6.45) is 7.90. The van der Waals surface area contributed by atoms with E-state index in [-0.39, 0.29) is 10.4 Å². The van der Waals surface area contributed by atoms with Crippen LogP contribution in [0.4, 0.5) is 13.2 Å². The standard InChI is InChI=1S/C15H18BrF3/c16-12(7-6-10-4-2-1-3-5-10)15-13(18)8-11(17)9-14(15)19/h8-10,12H,1-7H2. The van der Waals surface area contributed by atoms with Crippen LogP contribution in [-0.2, 0) is 0 Å². The van der Waals surface area contributed by atoms with Crippen LogP contribution < -0.4 is 0 Å². The molecule has 0 nitrogen and oxygen atoms in total. The van der Waals surface area contributed by atoms with Crippen LogP contribution >= 0.6 is 15.9 Å². The molecule has 1 atom stereocenters. The first-order chi connectivity index (χ1) is 9.08. The SMILES string of the molecule is Fc1cc(F)c(C(Br)CCC2CCCCC2)c(F)c1. The molecule has 0 bridgehead atoms. The Kier molecular flexibility index (Phi) is 5.31. The van der Waals surface area contributed by atoms with Crippen molar-refractivity contribution in [1.29, 1.82) is 0 Å². The molecule has 0 aromatic heterocycles. The molecule has 1 aliphatic rings. The van der Waals surface area contributed by atoms with Gasteiger partial charge in [0.25, 0.3) is 0 Å². The van der Waals surface area contributed by atoms with Gasteiger partial charge < -0.3 is 0 Å². The van der Waals surface area contributed by atoms with Crippen molar-refractivity contribution >= 4 is 15.9 Å². The lowest BCUT2D eigenvalue weighted by molar-refractivity contribution is 0.331. The van der Waals surface area contributed by atoms with E-state index in [9.17, 15) is 13.2 Å². The smallest absolute Gasteiger partial charge is 0.133 e. The first-order valence-electron chi connectivity index (χ1n) is 6.86. The molecular weight excluding hydrogens is 317 g/mol. The molecule has 1 aromatic carbocycles. The van der Waals surface area contributed by atoms with E-state index >= 15 is 0 Å². The molecule has 2 rings (SSSR count). The molecule has 1 aliphatic carbocycles. The molecule has 1 saturated carbocycles. The molecule has 0 spiro atoms. The average Bonchev–Trinajstić information content (AvgIpc) is 2.36. The zero-order valence-corrected chi connectivity index (χ0v) is 12.4. The third kappa shape index (κ3) is 3.98. The topological polar surface area (TPSA) is 0 Å². The van der Waals surface area contributed by atoms with Gasteiger partial charge in [-0.2, -0.15) is 0 Å². The normalized spacial score (nSPS) is 18.5. The molecule has 0 aliphatic heterocycles. The number of rotatable bonds is 4. The Hall–Kier alpha value is -0.510. The van der Waals surface area contributed by atoms with Gasteiger partial charge in [-0.1, -0.05) is 48.0 Å². The Morgan fingerprint density at radius 2 is 1.63 bits per heavy atom. The van der Waals surface area contributed by atoms with Crippen LogP contribution in [0.25, 0.3) is 0 Å². The summed E-state index contributed by atoms with van der Waals surface area (Å²) in [4.78, 5) is -0.380. The number of benzene rings is 1. The van der Waals surface area contributed by atoms with E-state index in [1.165, 1.54) is 32.1 Å². The molecule has 4 heteroatoms. The van der Waals surface area contributed by atoms with Crippen molar-refractivity contribution in [3.63, 3.8) is 0 Å². The highest BCUT2D eigenvalue weighted by atomic mass is 79.9. The van der Waals surface area contributed by atoms with Crippen molar-refractivity contribution in [3.05, 3.63) is 35.1 Å². The molecule has 1 fully saturated rings. The Balaban J connectivity index is 1.97. The lowest BCUT2D eigenvalue weighted by Gasteiger charge is -2.22. The molecule has 1 unspecified atom stereocenters. The maximum absolute atomic E-state index is 13.6. The molecule has 19 heavy (non-hydrogen) atoms. The summed E-state index contributed by atoms with van der Waals surface area (Å²) in [6.45, 7) is 0. The molecule has 0 saturated heterocycles. The van der Waals surface area contributed by atoms with E-state index in [0.29, 0.717) is 12.3 Å². The van der Waals surface area contributed by atoms with Gasteiger partial charge >= 0.3 is 0 Å². The zero-order valence-electron chi connectivity index (χ0n) is 10.8. The minimum Gasteiger partial charge on any atom is -0.207 e. The molecule has 0 radical (unpaired) electrons. The maximum Gasteiger partial charge on any atom is 0.133 e. The second kappa shape index (κ2) is 6.78. The highest BCUT2D eigenvalue weighted by molar-refractivity contribution is 9.09. The summed E-state index contributed by atoms with van der Waals surface area (Å²) in [5, 5.41) is 0. The monoisotopic (exact) mass is 334 g/mol. The third-order valence-corrected chi connectivity index (χ3v) is 4.83. The van der Waals surface area contributed by atoms with Crippen molar-refractivity contribution < 1.29 is 13.2 Å². The molecule has 0 heterocycles. The summed E-state index contributed by atoms with van der Waals surface area (Å²) < 4.78 is 40.1. The Morgan fingerprint density at radius 1 is 1.05 bits per heavy atom. The highest BCUT2D eigenvalue weighted by Crippen LogP contribution is 2.36. The first-order valence-corrected chi connectivity index (χ1v) is 7.78. The minimum absolute atomic E-state index is 0.0443. The molecule has 106 valence electrons. The van der Waals surface area contributed by atoms with E-state index in [1.54, 1.807) is 0 Å². The van der Waals surface area contributed by atoms with E-state index in [4.69, 9.17) is 0 Å². The van der Waals surface area contributed by atoms with Crippen molar-refractivity contribution in [2.75, 3.05) is 0 Å². The maximum atomic E-state index is 13.6. The van der Waals surface area contributed by atoms with Crippen molar-refractivity contribution in [2.24, 2.45) is 5.92 Å². The van der Waals surface area contributed by atoms with Crippen LogP contribution in [0.15, 0.2) is 12.1 Å². The first kappa shape index (κ1) is 14.9. The van der Waals surface area contributed by atoms with Gasteiger partial charge in [-0.3, -0.25) is 0 Å². The van der Waals surface area contributed by atoms with E-state index in [1.807, 2.05) is 0 Å². The fourth-order valence-electron chi connectivity index (χ4n) is 2.85. The molecule has 0 N–H and O–H groups in total. The zero-order chi connectivity index (χ0) is 13.8. The minimum atomic E-state index is -0.870. The number of hydrogen-bond donors (Lipinski definition) is 0. The Bertz CT molecular complexity index is 404. The van der Waals surface area contributed by atoms with Crippen LogP contribution in [0.2, 0.25) is 0 Å². The average molecular weight is 335 g/mol. The summed E-state index contributed by atoms with van der Waals surface area (Å²) in [5.41, 5.74) is -0.0443. The van der Waals surface area contributed by atoms with E-state index in [2.05, 4.69) is 15.9 Å². The van der Waals surface area contributed by atoms with Gasteiger partial charge in [-0.05, 0) is 18.8 Å². The van der Waals surface area contributed by atoms with Gasteiger partial charge in [0.2, 0.25) is 0 Å². The predicted molar refractivity (Wildman–Crippen MR) is 73.8 cm³/mol. The van der Waals surface area contributed by atoms with Gasteiger partial charge in [0.15, 0.2) is 0 Å². The molecule has 1 aromatic rings. The fourth-order valence-corrected chi connectivity index (χ4v) is 3.56. The van der Waals surface area contributed by atoms with Gasteiger partial charge in [0.1, 0.15) is 17.5 Å². The second-order valence-electron chi connectivity index (χ2n) is 5.33. The number of hydrogen-bond acceptors (Lipinski definition) is 0. The predicted octanol–water partition coefficient (Wildman–Crippen LogP) is 5.90. The van der Waals surface area contributed by atoms with Crippen LogP contribution in [0.1, 0.15) is 55.3 Å². The fraction of sp³-hybridized carbons (Fsp3) is 0.600. The number of halogens is 4. The van der Waals surface area contributed by atoms with Crippen LogP contribution in [0, 0.1) is 23.4 Å². The largest absolute Gasteiger partial charge is 0.207 e. The van der Waals surface area contributed by atoms with E-state index in [0.717, 1.165) is 18.6 Å². The van der Waals surface area contributed by atoms with Crippen LogP contribution in [-0.4, -0.2) is 0 Å². The number of alkyl halides is 1. The van der Waals surface area contributed by atoms with E-state index < -0.39 is 17.5 Å². The Morgan fingerprint density at radius 3 is 2.21 bits per heavy atom. The van der Waals surface area contributed by atoms with Crippen molar-refractivity contribution in [2.45, 2.75) is 49.8 Å². The molecular formula is C15H18BrF3. The summed E-state index contributed by atoms with van der Waals surface area (Å²) in [7, 11) is 0. The highest BCUT2D eigenvalue weighted by Gasteiger charge is 2.21. The van der Waals surface area contributed by atoms with Gasteiger partial charge in [0, 0.05) is 22.5 Å². The lowest BCUT2D eigenvalue weighted by Crippen LogP contribution is -2.08. The van der Waals surface area contributed by atoms with Crippen LogP contribution in [0.3, 0.4) is 0 Å². The molecule has 0 amide bonds. The second-order valence-corrected chi connectivity index (χ2v) is 6.44. The quantitative estimate of drug-likeness (QED) is 0.601. The summed E-state index contributed by atoms with van der Waals surface area (Å²) in [5.74, 6) is -1.81. The third-order valence-electron chi connectivity index (χ3n) is 3.91. The van der Waals surface area contributed by atoms with Gasteiger partial charge in [0.05, 0.1) is 0 Å². The Labute approximate surface area is 120 Å². The van der Waals surface area contributed by atoms with Gasteiger partial charge in [-0.25, -0.2) is 13.2 Å². The van der Waals surface area contributed by atoms with Crippen LogP contribution in [0.5, 0.6) is 0 Å². The van der Waals surface area contributed by atoms with Gasteiger partial charge in [-0.15, -0.1) is 0 Å². The van der Waals surface area contributed by atoms with Crippen molar-refractivity contribution in [3.8, 4) is 0 Å². The summed E-state index contributed by atoms with van der Waals surface area (Å²) >= 11 is 3.34. The van der Waals surface area contributed by atoms with Crippen molar-refractivity contribution in [1.82, 2.24) is 0 Å².